The molecule has 0 aliphatic carbocycles. The van der Waals surface area contributed by atoms with E-state index in [-0.39, 0.29) is 18.9 Å². The number of amides is 2. The van der Waals surface area contributed by atoms with Crippen molar-refractivity contribution in [1.82, 2.24) is 15.4 Å². The number of carbonyl (C=O) groups is 2. The highest BCUT2D eigenvalue weighted by molar-refractivity contribution is 6.32. The number of carbonyl (C=O) groups excluding carboxylic acids is 2. The molecule has 3 rings (SSSR count). The first-order chi connectivity index (χ1) is 12.5. The average Bonchev–Trinajstić information content (AvgIpc) is 3.09. The molecule has 9 heteroatoms. The third-order valence-electron chi connectivity index (χ3n) is 3.41. The van der Waals surface area contributed by atoms with Crippen molar-refractivity contribution in [3.05, 3.63) is 63.5 Å². The summed E-state index contributed by atoms with van der Waals surface area (Å²) in [6, 6.07) is 7.85. The number of ether oxygens (including phenoxy) is 2. The highest BCUT2D eigenvalue weighted by Gasteiger charge is 2.17. The average molecular weight is 376 g/mol. The molecule has 1 aromatic carbocycles. The zero-order chi connectivity index (χ0) is 18.5. The van der Waals surface area contributed by atoms with Crippen LogP contribution in [-0.4, -0.2) is 23.2 Å². The number of pyridine rings is 1. The molecule has 26 heavy (non-hydrogen) atoms. The molecule has 0 spiro atoms. The topological polar surface area (TPSA) is 98.7 Å². The van der Waals surface area contributed by atoms with Gasteiger partial charge in [-0.1, -0.05) is 17.7 Å². The lowest BCUT2D eigenvalue weighted by Crippen LogP contribution is -2.43. The van der Waals surface area contributed by atoms with E-state index in [2.05, 4.69) is 10.9 Å². The van der Waals surface area contributed by atoms with Crippen molar-refractivity contribution in [2.24, 2.45) is 0 Å². The van der Waals surface area contributed by atoms with Gasteiger partial charge in [0.05, 0.1) is 5.02 Å². The van der Waals surface area contributed by atoms with E-state index in [1.165, 1.54) is 29.0 Å². The Balaban J connectivity index is 1.53. The molecule has 0 radical (unpaired) electrons. The van der Waals surface area contributed by atoms with Gasteiger partial charge in [0.15, 0.2) is 11.5 Å². The molecule has 1 aromatic heterocycles. The lowest BCUT2D eigenvalue weighted by Gasteiger charge is -2.07. The first-order valence-electron chi connectivity index (χ1n) is 7.54. The maximum atomic E-state index is 11.8. The first kappa shape index (κ1) is 17.6. The summed E-state index contributed by atoms with van der Waals surface area (Å²) in [5, 5.41) is 0.377. The van der Waals surface area contributed by atoms with Gasteiger partial charge in [0.1, 0.15) is 6.54 Å². The minimum atomic E-state index is -0.549. The van der Waals surface area contributed by atoms with Gasteiger partial charge in [-0.3, -0.25) is 25.2 Å². The fourth-order valence-corrected chi connectivity index (χ4v) is 2.49. The number of benzene rings is 1. The van der Waals surface area contributed by atoms with Crippen molar-refractivity contribution in [1.29, 1.82) is 0 Å². The number of halogens is 1. The normalized spacial score (nSPS) is 12.2. The van der Waals surface area contributed by atoms with Crippen molar-refractivity contribution in [2.75, 3.05) is 6.79 Å². The Morgan fingerprint density at radius 1 is 1.23 bits per heavy atom. The lowest BCUT2D eigenvalue weighted by atomic mass is 10.2. The smallest absolute Gasteiger partial charge is 0.262 e. The summed E-state index contributed by atoms with van der Waals surface area (Å²) in [5.41, 5.74) is 4.78. The summed E-state index contributed by atoms with van der Waals surface area (Å²) in [7, 11) is 0. The van der Waals surface area contributed by atoms with E-state index < -0.39 is 11.8 Å². The third-order valence-corrected chi connectivity index (χ3v) is 3.70. The quantitative estimate of drug-likeness (QED) is 0.615. The number of rotatable bonds is 4. The van der Waals surface area contributed by atoms with Gasteiger partial charge in [0.2, 0.25) is 6.79 Å². The lowest BCUT2D eigenvalue weighted by molar-refractivity contribution is -0.127. The molecule has 2 heterocycles. The van der Waals surface area contributed by atoms with Gasteiger partial charge in [0.25, 0.3) is 17.4 Å². The van der Waals surface area contributed by atoms with Crippen LogP contribution in [0, 0.1) is 0 Å². The summed E-state index contributed by atoms with van der Waals surface area (Å²) >= 11 is 6.06. The number of nitrogens with one attached hydrogen (secondary N) is 2. The molecule has 0 fully saturated rings. The number of aromatic nitrogens is 1. The second kappa shape index (κ2) is 7.75. The van der Waals surface area contributed by atoms with Gasteiger partial charge in [-0.15, -0.1) is 0 Å². The van der Waals surface area contributed by atoms with E-state index in [1.807, 2.05) is 0 Å². The zero-order valence-corrected chi connectivity index (χ0v) is 14.2. The summed E-state index contributed by atoms with van der Waals surface area (Å²) in [6.45, 7) is -0.110. The molecule has 2 amide bonds. The highest BCUT2D eigenvalue weighted by atomic mass is 35.5. The standard InChI is InChI=1S/C17H14ClN3O5/c18-12-7-11(8-13-17(12)26-10-25-13)4-5-14(22)19-20-15(23)9-21-6-2-1-3-16(21)24/h1-8H,9-10H2,(H,19,22)(H,20,23)/b5-4+. The minimum absolute atomic E-state index is 0.0965. The van der Waals surface area contributed by atoms with Crippen LogP contribution in [0.25, 0.3) is 6.08 Å². The predicted molar refractivity (Wildman–Crippen MR) is 93.6 cm³/mol. The van der Waals surface area contributed by atoms with Crippen LogP contribution in [0.15, 0.2) is 47.4 Å². The zero-order valence-electron chi connectivity index (χ0n) is 13.4. The molecule has 2 N–H and O–H groups in total. The Hall–Kier alpha value is -3.26. The summed E-state index contributed by atoms with van der Waals surface area (Å²) in [6.07, 6.45) is 4.22. The molecular weight excluding hydrogens is 362 g/mol. The number of fused-ring (bicyclic) bond motifs is 1. The van der Waals surface area contributed by atoms with Crippen LogP contribution in [0.3, 0.4) is 0 Å². The maximum absolute atomic E-state index is 11.8. The van der Waals surface area contributed by atoms with Gasteiger partial charge < -0.3 is 14.0 Å². The Morgan fingerprint density at radius 2 is 2.08 bits per heavy atom. The fraction of sp³-hybridized carbons (Fsp3) is 0.118. The molecule has 0 unspecified atom stereocenters. The first-order valence-corrected chi connectivity index (χ1v) is 7.92. The van der Waals surface area contributed by atoms with Crippen LogP contribution in [0.4, 0.5) is 0 Å². The number of hydrogen-bond acceptors (Lipinski definition) is 5. The van der Waals surface area contributed by atoms with Crippen LogP contribution < -0.4 is 25.9 Å². The van der Waals surface area contributed by atoms with Crippen molar-refractivity contribution < 1.29 is 19.1 Å². The molecule has 8 nitrogen and oxygen atoms in total. The molecule has 2 aromatic rings. The van der Waals surface area contributed by atoms with Crippen LogP contribution in [0.1, 0.15) is 5.56 Å². The van der Waals surface area contributed by atoms with Crippen molar-refractivity contribution in [2.45, 2.75) is 6.54 Å². The van der Waals surface area contributed by atoms with E-state index in [4.69, 9.17) is 21.1 Å². The monoisotopic (exact) mass is 375 g/mol. The van der Waals surface area contributed by atoms with Crippen molar-refractivity contribution in [3.63, 3.8) is 0 Å². The van der Waals surface area contributed by atoms with Crippen LogP contribution in [0.2, 0.25) is 5.02 Å². The van der Waals surface area contributed by atoms with Crippen LogP contribution >= 0.6 is 11.6 Å². The Bertz CT molecular complexity index is 938. The Morgan fingerprint density at radius 3 is 2.88 bits per heavy atom. The van der Waals surface area contributed by atoms with Gasteiger partial charge in [-0.05, 0) is 29.8 Å². The molecule has 0 saturated carbocycles. The minimum Gasteiger partial charge on any atom is -0.454 e. The van der Waals surface area contributed by atoms with E-state index in [9.17, 15) is 14.4 Å². The second-order valence-corrected chi connectivity index (χ2v) is 5.68. The summed E-state index contributed by atoms with van der Waals surface area (Å²) in [5.74, 6) is -0.116. The van der Waals surface area contributed by atoms with Gasteiger partial charge >= 0.3 is 0 Å². The van der Waals surface area contributed by atoms with E-state index >= 15 is 0 Å². The van der Waals surface area contributed by atoms with Gasteiger partial charge in [-0.25, -0.2) is 0 Å². The molecule has 1 aliphatic heterocycles. The number of hydrazine groups is 1. The molecular formula is C17H14ClN3O5. The van der Waals surface area contributed by atoms with Crippen LogP contribution in [0.5, 0.6) is 11.5 Å². The van der Waals surface area contributed by atoms with Gasteiger partial charge in [0, 0.05) is 18.3 Å². The molecule has 0 atom stereocenters. The number of hydrogen-bond donors (Lipinski definition) is 2. The Kier molecular flexibility index (Phi) is 5.23. The van der Waals surface area contributed by atoms with Gasteiger partial charge in [-0.2, -0.15) is 0 Å². The SMILES string of the molecule is O=C(/C=C/c1cc(Cl)c2c(c1)OCO2)NNC(=O)Cn1ccccc1=O. The molecule has 1 aliphatic rings. The molecule has 134 valence electrons. The largest absolute Gasteiger partial charge is 0.454 e. The van der Waals surface area contributed by atoms with Crippen molar-refractivity contribution in [3.8, 4) is 11.5 Å². The van der Waals surface area contributed by atoms with Crippen molar-refractivity contribution >= 4 is 29.5 Å². The van der Waals surface area contributed by atoms with E-state index in [0.717, 1.165) is 0 Å². The van der Waals surface area contributed by atoms with E-state index in [0.29, 0.717) is 22.1 Å². The number of nitrogens with zero attached hydrogens (tertiary/aromatic N) is 1. The fourth-order valence-electron chi connectivity index (χ4n) is 2.21. The maximum Gasteiger partial charge on any atom is 0.262 e. The summed E-state index contributed by atoms with van der Waals surface area (Å²) < 4.78 is 11.7. The molecule has 0 bridgehead atoms. The summed E-state index contributed by atoms with van der Waals surface area (Å²) in [4.78, 5) is 35.1. The highest BCUT2D eigenvalue weighted by Crippen LogP contribution is 2.39. The molecule has 0 saturated heterocycles. The van der Waals surface area contributed by atoms with Crippen LogP contribution in [-0.2, 0) is 16.1 Å². The second-order valence-electron chi connectivity index (χ2n) is 5.27. The Labute approximate surface area is 152 Å². The predicted octanol–water partition coefficient (Wildman–Crippen LogP) is 1.09. The van der Waals surface area contributed by atoms with E-state index in [1.54, 1.807) is 24.3 Å². The third kappa shape index (κ3) is 4.22.